The normalized spacial score (nSPS) is 22.1. The summed E-state index contributed by atoms with van der Waals surface area (Å²) in [6.07, 6.45) is 3.77. The lowest BCUT2D eigenvalue weighted by atomic mass is 10.0. The Bertz CT molecular complexity index is 466. The fourth-order valence-corrected chi connectivity index (χ4v) is 2.64. The van der Waals surface area contributed by atoms with Crippen LogP contribution in [0.3, 0.4) is 0 Å². The molecule has 2 aliphatic rings. The molecule has 1 heterocycles. The molecule has 1 aromatic carbocycles. The van der Waals surface area contributed by atoms with E-state index in [2.05, 4.69) is 49.6 Å². The van der Waals surface area contributed by atoms with E-state index in [9.17, 15) is 0 Å². The lowest BCUT2D eigenvalue weighted by Gasteiger charge is -2.33. The molecule has 1 unspecified atom stereocenters. The average Bonchev–Trinajstić information content (AvgIpc) is 3.12. The maximum absolute atomic E-state index is 5.98. The van der Waals surface area contributed by atoms with Gasteiger partial charge in [-0.1, -0.05) is 6.07 Å². The van der Waals surface area contributed by atoms with Gasteiger partial charge in [0.2, 0.25) is 0 Å². The number of anilines is 1. The highest BCUT2D eigenvalue weighted by atomic mass is 16.5. The Morgan fingerprint density at radius 2 is 2.21 bits per heavy atom. The van der Waals surface area contributed by atoms with E-state index in [4.69, 9.17) is 4.74 Å². The van der Waals surface area contributed by atoms with Gasteiger partial charge in [-0.2, -0.15) is 0 Å². The predicted octanol–water partition coefficient (Wildman–Crippen LogP) is 2.95. The average molecular weight is 260 g/mol. The minimum Gasteiger partial charge on any atom is -0.484 e. The van der Waals surface area contributed by atoms with E-state index in [1.54, 1.807) is 0 Å². The molecular formula is C16H24N2O. The van der Waals surface area contributed by atoms with Crippen molar-refractivity contribution in [1.82, 2.24) is 5.32 Å². The van der Waals surface area contributed by atoms with Crippen molar-refractivity contribution in [3.05, 3.63) is 23.8 Å². The Morgan fingerprint density at radius 3 is 2.95 bits per heavy atom. The van der Waals surface area contributed by atoms with Crippen molar-refractivity contribution in [3.8, 4) is 5.75 Å². The molecule has 1 aliphatic carbocycles. The summed E-state index contributed by atoms with van der Waals surface area (Å²) in [4.78, 5) is 0. The van der Waals surface area contributed by atoms with Gasteiger partial charge in [-0.15, -0.1) is 0 Å². The SMILES string of the molecule is CC(Cc1ccc2c(c1)NCC(C)(C)O2)NC1CC1. The van der Waals surface area contributed by atoms with Gasteiger partial charge in [0, 0.05) is 12.1 Å². The third-order valence-corrected chi connectivity index (χ3v) is 3.77. The molecule has 1 saturated carbocycles. The molecule has 3 rings (SSSR count). The molecule has 0 amide bonds. The summed E-state index contributed by atoms with van der Waals surface area (Å²) in [5.41, 5.74) is 2.39. The summed E-state index contributed by atoms with van der Waals surface area (Å²) >= 11 is 0. The largest absolute Gasteiger partial charge is 0.484 e. The maximum Gasteiger partial charge on any atom is 0.143 e. The summed E-state index contributed by atoms with van der Waals surface area (Å²) in [5, 5.41) is 7.12. The second kappa shape index (κ2) is 4.71. The van der Waals surface area contributed by atoms with Crippen LogP contribution in [0.2, 0.25) is 0 Å². The standard InChI is InChI=1S/C16H24N2O/c1-11(18-13-5-6-13)8-12-4-7-15-14(9-12)17-10-16(2,3)19-15/h4,7,9,11,13,17-18H,5-6,8,10H2,1-3H3. The Hall–Kier alpha value is -1.22. The third-order valence-electron chi connectivity index (χ3n) is 3.77. The monoisotopic (exact) mass is 260 g/mol. The molecule has 3 nitrogen and oxygen atoms in total. The van der Waals surface area contributed by atoms with E-state index < -0.39 is 0 Å². The number of rotatable bonds is 4. The minimum atomic E-state index is -0.116. The molecule has 0 bridgehead atoms. The topological polar surface area (TPSA) is 33.3 Å². The van der Waals surface area contributed by atoms with E-state index >= 15 is 0 Å². The minimum absolute atomic E-state index is 0.116. The lowest BCUT2D eigenvalue weighted by Crippen LogP contribution is -2.40. The number of ether oxygens (including phenoxy) is 1. The molecule has 1 fully saturated rings. The molecule has 0 radical (unpaired) electrons. The highest BCUT2D eigenvalue weighted by Gasteiger charge is 2.26. The molecule has 1 aliphatic heterocycles. The number of fused-ring (bicyclic) bond motifs is 1. The fourth-order valence-electron chi connectivity index (χ4n) is 2.64. The van der Waals surface area contributed by atoms with Crippen molar-refractivity contribution in [2.45, 2.75) is 57.7 Å². The zero-order valence-corrected chi connectivity index (χ0v) is 12.1. The highest BCUT2D eigenvalue weighted by molar-refractivity contribution is 5.60. The zero-order valence-electron chi connectivity index (χ0n) is 12.1. The Morgan fingerprint density at radius 1 is 1.42 bits per heavy atom. The maximum atomic E-state index is 5.98. The molecule has 2 N–H and O–H groups in total. The van der Waals surface area contributed by atoms with Crippen molar-refractivity contribution >= 4 is 5.69 Å². The van der Waals surface area contributed by atoms with Crippen LogP contribution < -0.4 is 15.4 Å². The van der Waals surface area contributed by atoms with E-state index in [1.807, 2.05) is 0 Å². The van der Waals surface area contributed by atoms with Crippen LogP contribution in [0.1, 0.15) is 39.2 Å². The quantitative estimate of drug-likeness (QED) is 0.873. The van der Waals surface area contributed by atoms with Gasteiger partial charge >= 0.3 is 0 Å². The van der Waals surface area contributed by atoms with Crippen molar-refractivity contribution in [3.63, 3.8) is 0 Å². The van der Waals surface area contributed by atoms with Gasteiger partial charge in [0.05, 0.1) is 12.2 Å². The molecular weight excluding hydrogens is 236 g/mol. The van der Waals surface area contributed by atoms with Crippen LogP contribution in [0.4, 0.5) is 5.69 Å². The van der Waals surface area contributed by atoms with Gasteiger partial charge < -0.3 is 15.4 Å². The number of hydrogen-bond donors (Lipinski definition) is 2. The van der Waals surface area contributed by atoms with Gasteiger partial charge in [0.25, 0.3) is 0 Å². The number of benzene rings is 1. The van der Waals surface area contributed by atoms with E-state index in [0.717, 1.165) is 30.4 Å². The molecule has 0 saturated heterocycles. The number of hydrogen-bond acceptors (Lipinski definition) is 3. The van der Waals surface area contributed by atoms with Crippen molar-refractivity contribution in [2.24, 2.45) is 0 Å². The van der Waals surface area contributed by atoms with Crippen LogP contribution in [-0.2, 0) is 6.42 Å². The van der Waals surface area contributed by atoms with Crippen molar-refractivity contribution in [2.75, 3.05) is 11.9 Å². The van der Waals surface area contributed by atoms with Crippen LogP contribution >= 0.6 is 0 Å². The molecule has 0 spiro atoms. The van der Waals surface area contributed by atoms with Crippen molar-refractivity contribution in [1.29, 1.82) is 0 Å². The zero-order chi connectivity index (χ0) is 13.5. The second-order valence-electron chi connectivity index (χ2n) is 6.59. The number of nitrogens with one attached hydrogen (secondary N) is 2. The van der Waals surface area contributed by atoms with Gasteiger partial charge in [0.1, 0.15) is 11.4 Å². The van der Waals surface area contributed by atoms with E-state index in [1.165, 1.54) is 18.4 Å². The first-order valence-corrected chi connectivity index (χ1v) is 7.34. The summed E-state index contributed by atoms with van der Waals surface area (Å²) in [6.45, 7) is 7.35. The van der Waals surface area contributed by atoms with Gasteiger partial charge in [0.15, 0.2) is 0 Å². The van der Waals surface area contributed by atoms with E-state index in [-0.39, 0.29) is 5.60 Å². The van der Waals surface area contributed by atoms with Gasteiger partial charge in [-0.05, 0) is 57.7 Å². The first-order chi connectivity index (χ1) is 9.02. The first-order valence-electron chi connectivity index (χ1n) is 7.34. The molecule has 3 heteroatoms. The Labute approximate surface area is 115 Å². The predicted molar refractivity (Wildman–Crippen MR) is 79.0 cm³/mol. The summed E-state index contributed by atoms with van der Waals surface area (Å²) < 4.78 is 5.98. The first kappa shape index (κ1) is 12.8. The molecule has 104 valence electrons. The Kier molecular flexibility index (Phi) is 3.17. The lowest BCUT2D eigenvalue weighted by molar-refractivity contribution is 0.116. The van der Waals surface area contributed by atoms with Crippen LogP contribution in [0, 0.1) is 0 Å². The second-order valence-corrected chi connectivity index (χ2v) is 6.59. The summed E-state index contributed by atoms with van der Waals surface area (Å²) in [5.74, 6) is 0.975. The van der Waals surface area contributed by atoms with Crippen LogP contribution in [-0.4, -0.2) is 24.2 Å². The Balaban J connectivity index is 1.67. The molecule has 1 aromatic rings. The van der Waals surface area contributed by atoms with Gasteiger partial charge in [-0.25, -0.2) is 0 Å². The van der Waals surface area contributed by atoms with Crippen LogP contribution in [0.5, 0.6) is 5.75 Å². The molecule has 19 heavy (non-hydrogen) atoms. The summed E-state index contributed by atoms with van der Waals surface area (Å²) in [7, 11) is 0. The van der Waals surface area contributed by atoms with Crippen LogP contribution in [0.15, 0.2) is 18.2 Å². The highest BCUT2D eigenvalue weighted by Crippen LogP contribution is 2.33. The smallest absolute Gasteiger partial charge is 0.143 e. The summed E-state index contributed by atoms with van der Waals surface area (Å²) in [6, 6.07) is 7.84. The van der Waals surface area contributed by atoms with Crippen molar-refractivity contribution < 1.29 is 4.74 Å². The third kappa shape index (κ3) is 3.21. The van der Waals surface area contributed by atoms with E-state index in [0.29, 0.717) is 6.04 Å². The van der Waals surface area contributed by atoms with Gasteiger partial charge in [-0.3, -0.25) is 0 Å². The molecule has 0 aromatic heterocycles. The van der Waals surface area contributed by atoms with Crippen LogP contribution in [0.25, 0.3) is 0 Å². The fraction of sp³-hybridized carbons (Fsp3) is 0.625. The molecule has 1 atom stereocenters.